The number of thioether (sulfide) groups is 2. The molecule has 1 spiro atoms. The lowest BCUT2D eigenvalue weighted by Gasteiger charge is -2.48. The summed E-state index contributed by atoms with van der Waals surface area (Å²) in [7, 11) is 1.69. The molecule has 5 aliphatic rings. The number of amides is 1. The van der Waals surface area contributed by atoms with E-state index < -0.39 is 5.51 Å². The van der Waals surface area contributed by atoms with Crippen molar-refractivity contribution >= 4 is 76.2 Å². The first kappa shape index (κ1) is 60.6. The molecule has 4 fully saturated rings. The van der Waals surface area contributed by atoms with Crippen molar-refractivity contribution in [2.45, 2.75) is 106 Å². The van der Waals surface area contributed by atoms with Gasteiger partial charge in [0.1, 0.15) is 6.29 Å². The number of carbonyl (C=O) groups is 2. The van der Waals surface area contributed by atoms with E-state index in [-0.39, 0.29) is 22.3 Å². The maximum atomic E-state index is 12.9. The Morgan fingerprint density at radius 3 is 2.08 bits per heavy atom. The lowest BCUT2D eigenvalue weighted by atomic mass is 9.66. The summed E-state index contributed by atoms with van der Waals surface area (Å²) in [6, 6.07) is 31.5. The van der Waals surface area contributed by atoms with Crippen LogP contribution >= 0.6 is 47.1 Å². The Bertz CT molecular complexity index is 2380. The molecule has 1 saturated carbocycles. The number of nitrogens with two attached hydrogens (primary N) is 1. The molecule has 0 bridgehead atoms. The second kappa shape index (κ2) is 29.9. The van der Waals surface area contributed by atoms with Crippen LogP contribution in [0, 0.1) is 16.7 Å². The molecule has 4 aromatic carbocycles. The van der Waals surface area contributed by atoms with Crippen LogP contribution in [0.5, 0.6) is 0 Å². The van der Waals surface area contributed by atoms with Crippen LogP contribution in [0.1, 0.15) is 101 Å². The van der Waals surface area contributed by atoms with Gasteiger partial charge in [-0.2, -0.15) is 13.2 Å². The first-order valence-electron chi connectivity index (χ1n) is 27.0. The molecule has 9 nitrogen and oxygen atoms in total. The average Bonchev–Trinajstić information content (AvgIpc) is 3.40. The number of halogens is 4. The van der Waals surface area contributed by atoms with Crippen molar-refractivity contribution in [1.82, 2.24) is 24.7 Å². The Hall–Kier alpha value is -3.67. The Morgan fingerprint density at radius 2 is 1.48 bits per heavy atom. The highest BCUT2D eigenvalue weighted by Gasteiger charge is 2.42. The van der Waals surface area contributed by atoms with Gasteiger partial charge in [0.15, 0.2) is 0 Å². The number of benzene rings is 4. The summed E-state index contributed by atoms with van der Waals surface area (Å²) in [6.45, 7) is 21.5. The number of rotatable bonds is 15. The van der Waals surface area contributed by atoms with Crippen LogP contribution in [0.15, 0.2) is 117 Å². The van der Waals surface area contributed by atoms with E-state index >= 15 is 0 Å². The molecule has 3 aliphatic heterocycles. The van der Waals surface area contributed by atoms with Gasteiger partial charge in [0.25, 0.3) is 0 Å². The third-order valence-electron chi connectivity index (χ3n) is 14.9. The number of nitrogens with zero attached hydrogens (tertiary/aromatic N) is 4. The number of anilines is 2. The molecule has 4 N–H and O–H groups in total. The summed E-state index contributed by atoms with van der Waals surface area (Å²) in [6.07, 6.45) is 11.7. The fourth-order valence-electron chi connectivity index (χ4n) is 10.6. The minimum Gasteiger partial charge on any atom is -0.398 e. The van der Waals surface area contributed by atoms with Gasteiger partial charge in [-0.05, 0) is 190 Å². The molecule has 9 rings (SSSR count). The molecule has 1 amide bonds. The van der Waals surface area contributed by atoms with Crippen LogP contribution in [-0.4, -0.2) is 124 Å². The van der Waals surface area contributed by atoms with Crippen molar-refractivity contribution in [1.29, 1.82) is 0 Å². The van der Waals surface area contributed by atoms with Crippen LogP contribution in [-0.2, 0) is 4.79 Å². The van der Waals surface area contributed by atoms with E-state index in [1.807, 2.05) is 49.9 Å². The van der Waals surface area contributed by atoms with E-state index in [4.69, 9.17) is 17.3 Å². The number of carbonyl (C=O) groups excluding carboxylic acids is 2. The fraction of sp³-hybridized carbons (Fsp3) is 0.525. The Balaban J connectivity index is 0.000000189. The highest BCUT2D eigenvalue weighted by atomic mass is 35.5. The summed E-state index contributed by atoms with van der Waals surface area (Å²) >= 11 is 9.12. The standard InChI is InChI=1S/C26H31ClN2O.C23H35N3OS.C8H9F3N2S2.C2H6/c1-26(2)12-11-25(21-5-7-23(27)8-6-21)22(17-26)18-28-13-15-29(16-14-28)24-9-3-20(19-30)4-10-24;27-22(20-8-10-23(11-9-20)18-24-19-23)26-15-13-25(14-16-26)12-4-5-17-28-21-6-2-1-3-7-21;1-13-15-5-2-3-6(12)7(4-5)14-8(9,10)11;1-2/h3-10,19H,11-18H2,1-2H3;1-3,6-7,20,24H,4-5,8-19H2;2-4,13H,12H2,1H3;1-2H3. The van der Waals surface area contributed by atoms with Crippen molar-refractivity contribution in [3.05, 3.63) is 119 Å². The van der Waals surface area contributed by atoms with E-state index in [0.717, 1.165) is 95.0 Å². The molecule has 410 valence electrons. The van der Waals surface area contributed by atoms with Crippen LogP contribution in [0.25, 0.3) is 5.57 Å². The maximum Gasteiger partial charge on any atom is 0.446 e. The smallest absolute Gasteiger partial charge is 0.398 e. The molecule has 3 heterocycles. The van der Waals surface area contributed by atoms with Crippen LogP contribution in [0.3, 0.4) is 0 Å². The van der Waals surface area contributed by atoms with E-state index in [9.17, 15) is 22.8 Å². The Morgan fingerprint density at radius 1 is 0.827 bits per heavy atom. The number of unbranched alkanes of at least 4 members (excludes halogenated alkanes) is 1. The van der Waals surface area contributed by atoms with Gasteiger partial charge in [-0.15, -0.1) is 11.8 Å². The largest absolute Gasteiger partial charge is 0.446 e. The van der Waals surface area contributed by atoms with Gasteiger partial charge < -0.3 is 20.9 Å². The molecule has 0 atom stereocenters. The topological polar surface area (TPSA) is 97.2 Å². The molecule has 0 radical (unpaired) electrons. The van der Waals surface area contributed by atoms with Gasteiger partial charge in [0, 0.05) is 115 Å². The van der Waals surface area contributed by atoms with Crippen molar-refractivity contribution < 1.29 is 22.8 Å². The molecule has 0 unspecified atom stereocenters. The number of piperazine rings is 2. The molecular weight excluding hydrogens is 1030 g/mol. The minimum absolute atomic E-state index is 0.0303. The molecule has 75 heavy (non-hydrogen) atoms. The van der Waals surface area contributed by atoms with Gasteiger partial charge in [-0.25, -0.2) is 0 Å². The second-order valence-corrected chi connectivity index (χ2v) is 24.7. The van der Waals surface area contributed by atoms with Crippen molar-refractivity contribution in [3.63, 3.8) is 0 Å². The van der Waals surface area contributed by atoms with Crippen molar-refractivity contribution in [3.8, 4) is 0 Å². The molecule has 3 saturated heterocycles. The zero-order chi connectivity index (χ0) is 53.9. The SMILES string of the molecule is CC.CC1(C)CCC(c2ccc(Cl)cc2)=C(CN2CCN(c3ccc(C=O)cc3)CC2)C1.CNSc1ccc(N)c(SC(F)(F)F)c1.O=C(C1CCC2(CC1)CNC2)N1CCN(CCCCSc2ccccc2)CC1. The summed E-state index contributed by atoms with van der Waals surface area (Å²) in [5.41, 5.74) is 8.59. The van der Waals surface area contributed by atoms with Crippen LogP contribution in [0.2, 0.25) is 5.02 Å². The molecule has 0 aromatic heterocycles. The van der Waals surface area contributed by atoms with Gasteiger partial charge in [-0.3, -0.25) is 24.1 Å². The number of nitrogens with one attached hydrogen (secondary N) is 2. The number of nitrogen functional groups attached to an aromatic ring is 1. The monoisotopic (exact) mass is 1110 g/mol. The van der Waals surface area contributed by atoms with E-state index in [2.05, 4.69) is 98.1 Å². The Labute approximate surface area is 464 Å². The quantitative estimate of drug-likeness (QED) is 0.0349. The lowest BCUT2D eigenvalue weighted by molar-refractivity contribution is -0.139. The lowest BCUT2D eigenvalue weighted by Crippen LogP contribution is -2.56. The average molecular weight is 1110 g/mol. The van der Waals surface area contributed by atoms with Gasteiger partial charge >= 0.3 is 5.51 Å². The molecule has 16 heteroatoms. The zero-order valence-corrected chi connectivity index (χ0v) is 48.1. The first-order valence-corrected chi connectivity index (χ1v) is 30.0. The summed E-state index contributed by atoms with van der Waals surface area (Å²) in [5, 5.41) is 4.21. The van der Waals surface area contributed by atoms with Crippen molar-refractivity contribution in [2.24, 2.45) is 16.7 Å². The number of hydrogen-bond acceptors (Lipinski definition) is 11. The highest BCUT2D eigenvalue weighted by Crippen LogP contribution is 2.44. The molecular formula is C59H81ClF3N7O2S3. The predicted octanol–water partition coefficient (Wildman–Crippen LogP) is 13.6. The van der Waals surface area contributed by atoms with Gasteiger partial charge in [-0.1, -0.05) is 75.2 Å². The fourth-order valence-corrected chi connectivity index (χ4v) is 12.9. The molecule has 4 aromatic rings. The first-order chi connectivity index (χ1) is 36.1. The second-order valence-electron chi connectivity index (χ2n) is 20.9. The van der Waals surface area contributed by atoms with Gasteiger partial charge in [0.05, 0.1) is 0 Å². The third kappa shape index (κ3) is 19.3. The van der Waals surface area contributed by atoms with E-state index in [1.54, 1.807) is 18.7 Å². The normalized spacial score (nSPS) is 18.9. The Kier molecular flexibility index (Phi) is 24.1. The minimum atomic E-state index is -4.31. The number of hydrogen-bond donors (Lipinski definition) is 3. The zero-order valence-electron chi connectivity index (χ0n) is 44.9. The molecule has 2 aliphatic carbocycles. The number of alkyl halides is 3. The van der Waals surface area contributed by atoms with Crippen LogP contribution in [0.4, 0.5) is 24.5 Å². The van der Waals surface area contributed by atoms with Crippen LogP contribution < -0.4 is 20.7 Å². The van der Waals surface area contributed by atoms with Gasteiger partial charge in [0.2, 0.25) is 5.91 Å². The maximum absolute atomic E-state index is 12.9. The summed E-state index contributed by atoms with van der Waals surface area (Å²) in [5.74, 6) is 1.94. The third-order valence-corrected chi connectivity index (χ3v) is 17.8. The van der Waals surface area contributed by atoms with Crippen molar-refractivity contribution in [2.75, 3.05) is 102 Å². The summed E-state index contributed by atoms with van der Waals surface area (Å²) in [4.78, 5) is 35.6. The number of allylic oxidation sites excluding steroid dienone is 1. The van der Waals surface area contributed by atoms with E-state index in [0.29, 0.717) is 27.6 Å². The van der Waals surface area contributed by atoms with E-state index in [1.165, 1.54) is 110 Å². The predicted molar refractivity (Wildman–Crippen MR) is 312 cm³/mol. The highest BCUT2D eigenvalue weighted by molar-refractivity contribution is 8.00. The summed E-state index contributed by atoms with van der Waals surface area (Å²) < 4.78 is 39.2. The number of aldehydes is 1.